The van der Waals surface area contributed by atoms with Gasteiger partial charge in [0.1, 0.15) is 11.9 Å². The third kappa shape index (κ3) is 3.04. The molecular formula is C18H26O5S. The molecule has 2 aliphatic carbocycles. The molecule has 1 heterocycles. The smallest absolute Gasteiger partial charge is 0.310 e. The van der Waals surface area contributed by atoms with E-state index in [1.807, 2.05) is 6.92 Å². The Bertz CT molecular complexity index is 534. The summed E-state index contributed by atoms with van der Waals surface area (Å²) in [5.41, 5.74) is 0.919. The van der Waals surface area contributed by atoms with Crippen LogP contribution in [0.1, 0.15) is 26.2 Å². The molecule has 3 rings (SSSR count). The molecule has 3 aliphatic rings. The molecule has 7 unspecified atom stereocenters. The van der Waals surface area contributed by atoms with E-state index in [0.29, 0.717) is 25.0 Å². The van der Waals surface area contributed by atoms with E-state index < -0.39 is 6.10 Å². The largest absolute Gasteiger partial charge is 0.461 e. The Morgan fingerprint density at radius 3 is 2.75 bits per heavy atom. The standard InChI is InChI=1S/C18H26O5S/c1-9-6-14(21)16-12(8-24-5-3-4-19)18(22)23-17(16)15-10(2)13(20)7-11(9)15/h10-12,14-17,19,21H,1,3-8H2,2H3. The van der Waals surface area contributed by atoms with Crippen LogP contribution in [0.3, 0.4) is 0 Å². The lowest BCUT2D eigenvalue weighted by molar-refractivity contribution is -0.146. The molecule has 0 amide bonds. The molecule has 0 aromatic heterocycles. The van der Waals surface area contributed by atoms with Crippen LogP contribution in [-0.4, -0.2) is 52.3 Å². The molecule has 0 bridgehead atoms. The summed E-state index contributed by atoms with van der Waals surface area (Å²) in [6.07, 6.45) is 0.549. The zero-order chi connectivity index (χ0) is 17.4. The number of esters is 1. The van der Waals surface area contributed by atoms with Crippen molar-refractivity contribution in [2.45, 2.75) is 38.4 Å². The number of hydrogen-bond donors (Lipinski definition) is 2. The van der Waals surface area contributed by atoms with Gasteiger partial charge in [-0.2, -0.15) is 11.8 Å². The van der Waals surface area contributed by atoms with Gasteiger partial charge in [0.05, 0.1) is 12.0 Å². The van der Waals surface area contributed by atoms with E-state index in [4.69, 9.17) is 9.84 Å². The van der Waals surface area contributed by atoms with Crippen LogP contribution in [0, 0.1) is 29.6 Å². The average molecular weight is 354 g/mol. The van der Waals surface area contributed by atoms with Crippen LogP contribution in [0.4, 0.5) is 0 Å². The fraction of sp³-hybridized carbons (Fsp3) is 0.778. The second-order valence-electron chi connectivity index (χ2n) is 7.31. The van der Waals surface area contributed by atoms with Gasteiger partial charge in [-0.1, -0.05) is 19.1 Å². The zero-order valence-corrected chi connectivity index (χ0v) is 14.8. The van der Waals surface area contributed by atoms with E-state index >= 15 is 0 Å². The highest BCUT2D eigenvalue weighted by molar-refractivity contribution is 7.99. The number of ketones is 1. The van der Waals surface area contributed by atoms with Crippen molar-refractivity contribution in [2.75, 3.05) is 18.1 Å². The first kappa shape index (κ1) is 18.0. The van der Waals surface area contributed by atoms with Crippen molar-refractivity contribution in [3.8, 4) is 0 Å². The molecule has 3 fully saturated rings. The van der Waals surface area contributed by atoms with E-state index in [9.17, 15) is 14.7 Å². The SMILES string of the molecule is C=C1CC(O)C2C(CSCCCO)C(=O)OC2C2C(C)C(=O)CC12. The molecule has 0 aromatic carbocycles. The maximum absolute atomic E-state index is 12.4. The van der Waals surface area contributed by atoms with Crippen molar-refractivity contribution in [3.05, 3.63) is 12.2 Å². The lowest BCUT2D eigenvalue weighted by Gasteiger charge is -2.29. The number of fused-ring (bicyclic) bond motifs is 3. The van der Waals surface area contributed by atoms with Crippen LogP contribution < -0.4 is 0 Å². The number of Topliss-reactive ketones (excluding diaryl/α,β-unsaturated/α-hetero) is 1. The predicted molar refractivity (Wildman–Crippen MR) is 91.4 cm³/mol. The van der Waals surface area contributed by atoms with Crippen LogP contribution in [0.5, 0.6) is 0 Å². The van der Waals surface area contributed by atoms with Gasteiger partial charge in [0.2, 0.25) is 0 Å². The van der Waals surface area contributed by atoms with Gasteiger partial charge < -0.3 is 14.9 Å². The maximum atomic E-state index is 12.4. The number of carbonyl (C=O) groups excluding carboxylic acids is 2. The molecule has 6 heteroatoms. The minimum Gasteiger partial charge on any atom is -0.461 e. The summed E-state index contributed by atoms with van der Waals surface area (Å²) in [6.45, 7) is 6.16. The molecule has 5 nitrogen and oxygen atoms in total. The van der Waals surface area contributed by atoms with Crippen molar-refractivity contribution in [2.24, 2.45) is 29.6 Å². The van der Waals surface area contributed by atoms with Crippen LogP contribution in [0.25, 0.3) is 0 Å². The topological polar surface area (TPSA) is 83.8 Å². The third-order valence-electron chi connectivity index (χ3n) is 5.93. The van der Waals surface area contributed by atoms with Crippen molar-refractivity contribution in [1.82, 2.24) is 0 Å². The first-order valence-corrected chi connectivity index (χ1v) is 9.88. The van der Waals surface area contributed by atoms with Crippen molar-refractivity contribution >= 4 is 23.5 Å². The van der Waals surface area contributed by atoms with Crippen molar-refractivity contribution in [1.29, 1.82) is 0 Å². The number of thioether (sulfide) groups is 1. The fourth-order valence-corrected chi connectivity index (χ4v) is 5.76. The highest BCUT2D eigenvalue weighted by Gasteiger charge is 2.58. The van der Waals surface area contributed by atoms with Gasteiger partial charge in [0.15, 0.2) is 0 Å². The molecule has 0 spiro atoms. The first-order chi connectivity index (χ1) is 11.5. The minimum atomic E-state index is -0.648. The zero-order valence-electron chi connectivity index (χ0n) is 14.0. The number of aliphatic hydroxyl groups excluding tert-OH is 2. The number of rotatable bonds is 5. The molecule has 1 saturated heterocycles. The average Bonchev–Trinajstić information content (AvgIpc) is 2.98. The quantitative estimate of drug-likeness (QED) is 0.441. The third-order valence-corrected chi connectivity index (χ3v) is 7.11. The van der Waals surface area contributed by atoms with Gasteiger partial charge in [-0.25, -0.2) is 0 Å². The lowest BCUT2D eigenvalue weighted by Crippen LogP contribution is -2.38. The van der Waals surface area contributed by atoms with Crippen LogP contribution in [-0.2, 0) is 14.3 Å². The summed E-state index contributed by atoms with van der Waals surface area (Å²) in [5.74, 6) is 0.524. The van der Waals surface area contributed by atoms with E-state index in [1.54, 1.807) is 11.8 Å². The Morgan fingerprint density at radius 1 is 1.29 bits per heavy atom. The van der Waals surface area contributed by atoms with Gasteiger partial charge in [-0.3, -0.25) is 9.59 Å². The molecule has 2 saturated carbocycles. The fourth-order valence-electron chi connectivity index (χ4n) is 4.65. The highest BCUT2D eigenvalue weighted by atomic mass is 32.2. The van der Waals surface area contributed by atoms with Crippen LogP contribution in [0.15, 0.2) is 12.2 Å². The van der Waals surface area contributed by atoms with Crippen molar-refractivity contribution in [3.63, 3.8) is 0 Å². The molecule has 1 aliphatic heterocycles. The predicted octanol–water partition coefficient (Wildman–Crippen LogP) is 1.42. The van der Waals surface area contributed by atoms with Gasteiger partial charge in [0, 0.05) is 36.5 Å². The van der Waals surface area contributed by atoms with Crippen LogP contribution >= 0.6 is 11.8 Å². The highest BCUT2D eigenvalue weighted by Crippen LogP contribution is 2.52. The summed E-state index contributed by atoms with van der Waals surface area (Å²) < 4.78 is 5.71. The van der Waals surface area contributed by atoms with Gasteiger partial charge in [-0.15, -0.1) is 0 Å². The Kier molecular flexibility index (Phi) is 5.37. The Balaban J connectivity index is 1.82. The molecule has 2 N–H and O–H groups in total. The number of ether oxygens (including phenoxy) is 1. The Morgan fingerprint density at radius 2 is 2.04 bits per heavy atom. The van der Waals surface area contributed by atoms with Crippen LogP contribution in [0.2, 0.25) is 0 Å². The van der Waals surface area contributed by atoms with E-state index in [0.717, 1.165) is 11.3 Å². The Labute approximate surface area is 146 Å². The first-order valence-electron chi connectivity index (χ1n) is 8.73. The molecular weight excluding hydrogens is 328 g/mol. The second kappa shape index (κ2) is 7.18. The number of hydrogen-bond acceptors (Lipinski definition) is 6. The van der Waals surface area contributed by atoms with E-state index in [2.05, 4.69) is 6.58 Å². The van der Waals surface area contributed by atoms with E-state index in [-0.39, 0.29) is 54.1 Å². The number of aliphatic hydroxyl groups is 2. The minimum absolute atomic E-state index is 0.0192. The van der Waals surface area contributed by atoms with Gasteiger partial charge in [-0.05, 0) is 24.5 Å². The second-order valence-corrected chi connectivity index (χ2v) is 8.46. The molecule has 7 atom stereocenters. The van der Waals surface area contributed by atoms with Crippen molar-refractivity contribution < 1.29 is 24.5 Å². The summed E-state index contributed by atoms with van der Waals surface area (Å²) in [5, 5.41) is 19.6. The van der Waals surface area contributed by atoms with Gasteiger partial charge >= 0.3 is 5.97 Å². The molecule has 24 heavy (non-hydrogen) atoms. The maximum Gasteiger partial charge on any atom is 0.310 e. The summed E-state index contributed by atoms with van der Waals surface area (Å²) in [7, 11) is 0. The molecule has 134 valence electrons. The summed E-state index contributed by atoms with van der Waals surface area (Å²) in [6, 6.07) is 0. The summed E-state index contributed by atoms with van der Waals surface area (Å²) in [4.78, 5) is 24.6. The van der Waals surface area contributed by atoms with Gasteiger partial charge in [0.25, 0.3) is 0 Å². The monoisotopic (exact) mass is 354 g/mol. The normalized spacial score (nSPS) is 41.8. The van der Waals surface area contributed by atoms with E-state index in [1.165, 1.54) is 0 Å². The Hall–Kier alpha value is -0.850. The molecule has 0 radical (unpaired) electrons. The number of carbonyl (C=O) groups is 2. The lowest BCUT2D eigenvalue weighted by atomic mass is 9.77. The summed E-state index contributed by atoms with van der Waals surface area (Å²) >= 11 is 1.61. The molecule has 0 aromatic rings.